The molecule has 2 aromatic heterocycles. The van der Waals surface area contributed by atoms with Crippen molar-refractivity contribution in [1.82, 2.24) is 14.8 Å². The molecule has 26 heavy (non-hydrogen) atoms. The number of rotatable bonds is 4. The number of aromatic nitrogens is 3. The summed E-state index contributed by atoms with van der Waals surface area (Å²) in [6, 6.07) is 10.2. The molecule has 0 radical (unpaired) electrons. The lowest BCUT2D eigenvalue weighted by Crippen LogP contribution is -2.35. The first-order valence-electron chi connectivity index (χ1n) is 7.89. The third-order valence-electron chi connectivity index (χ3n) is 4.02. The Bertz CT molecular complexity index is 967. The molecule has 2 N–H and O–H groups in total. The molecule has 2 amide bonds. The van der Waals surface area contributed by atoms with Crippen LogP contribution in [0.2, 0.25) is 0 Å². The fourth-order valence-corrected chi connectivity index (χ4v) is 3.28. The zero-order chi connectivity index (χ0) is 18.1. The van der Waals surface area contributed by atoms with E-state index in [0.717, 1.165) is 4.90 Å². The number of nitrogens with one attached hydrogen (secondary N) is 2. The van der Waals surface area contributed by atoms with Gasteiger partial charge in [-0.1, -0.05) is 6.07 Å². The Labute approximate surface area is 153 Å². The van der Waals surface area contributed by atoms with Crippen LogP contribution in [-0.4, -0.2) is 32.8 Å². The highest BCUT2D eigenvalue weighted by molar-refractivity contribution is 7.98. The molecule has 3 heterocycles. The van der Waals surface area contributed by atoms with Crippen LogP contribution in [0, 0.1) is 0 Å². The van der Waals surface area contributed by atoms with Crippen LogP contribution < -0.4 is 10.6 Å². The molecule has 3 aromatic rings. The summed E-state index contributed by atoms with van der Waals surface area (Å²) >= 11 is 1.58. The molecule has 0 unspecified atom stereocenters. The second kappa shape index (κ2) is 6.68. The van der Waals surface area contributed by atoms with Crippen molar-refractivity contribution in [3.05, 3.63) is 42.7 Å². The third kappa shape index (κ3) is 2.97. The highest BCUT2D eigenvalue weighted by Gasteiger charge is 2.35. The number of carbonyl (C=O) groups excluding carboxylic acids is 2. The number of fused-ring (bicyclic) bond motifs is 1. The van der Waals surface area contributed by atoms with Crippen LogP contribution in [0.25, 0.3) is 11.6 Å². The fraction of sp³-hybridized carbons (Fsp3) is 0.176. The van der Waals surface area contributed by atoms with Crippen LogP contribution in [-0.2, 0) is 9.59 Å². The number of benzene rings is 1. The summed E-state index contributed by atoms with van der Waals surface area (Å²) in [5, 5.41) is 13.5. The highest BCUT2D eigenvalue weighted by Crippen LogP contribution is 2.31. The van der Waals surface area contributed by atoms with Gasteiger partial charge in [-0.2, -0.15) is 0 Å². The molecule has 8 nitrogen and oxygen atoms in total. The molecule has 0 saturated carbocycles. The first-order valence-corrected chi connectivity index (χ1v) is 9.12. The van der Waals surface area contributed by atoms with Crippen molar-refractivity contribution in [3.8, 4) is 11.6 Å². The predicted octanol–water partition coefficient (Wildman–Crippen LogP) is 2.78. The number of hydrogen-bond donors (Lipinski definition) is 2. The summed E-state index contributed by atoms with van der Waals surface area (Å²) in [5.74, 6) is 0.497. The van der Waals surface area contributed by atoms with E-state index in [-0.39, 0.29) is 24.2 Å². The maximum absolute atomic E-state index is 12.9. The molecule has 132 valence electrons. The van der Waals surface area contributed by atoms with Crippen molar-refractivity contribution < 1.29 is 14.0 Å². The van der Waals surface area contributed by atoms with Crippen molar-refractivity contribution in [2.45, 2.75) is 17.4 Å². The average molecular weight is 369 g/mol. The smallest absolute Gasteiger partial charge is 0.248 e. The van der Waals surface area contributed by atoms with Gasteiger partial charge in [0, 0.05) is 10.6 Å². The van der Waals surface area contributed by atoms with Crippen molar-refractivity contribution in [2.24, 2.45) is 0 Å². The van der Waals surface area contributed by atoms with Crippen LogP contribution in [0.5, 0.6) is 0 Å². The van der Waals surface area contributed by atoms with Crippen LogP contribution in [0.1, 0.15) is 12.5 Å². The SMILES string of the molecule is CSc1cccc(NC(=O)[C@@H]2CC(=O)Nc3nnc(-c4ccco4)n32)c1. The van der Waals surface area contributed by atoms with E-state index >= 15 is 0 Å². The summed E-state index contributed by atoms with van der Waals surface area (Å²) in [6.07, 6.45) is 3.47. The quantitative estimate of drug-likeness (QED) is 0.686. The molecule has 0 fully saturated rings. The number of anilines is 2. The number of amides is 2. The van der Waals surface area contributed by atoms with E-state index in [9.17, 15) is 9.59 Å². The second-order valence-electron chi connectivity index (χ2n) is 5.68. The molecule has 1 aliphatic heterocycles. The van der Waals surface area contributed by atoms with Crippen LogP contribution in [0.4, 0.5) is 11.6 Å². The van der Waals surface area contributed by atoms with Gasteiger partial charge in [0.2, 0.25) is 23.6 Å². The van der Waals surface area contributed by atoms with Crippen molar-refractivity contribution in [3.63, 3.8) is 0 Å². The molecular weight excluding hydrogens is 354 g/mol. The van der Waals surface area contributed by atoms with Gasteiger partial charge in [0.05, 0.1) is 12.7 Å². The lowest BCUT2D eigenvalue weighted by Gasteiger charge is -2.24. The van der Waals surface area contributed by atoms with E-state index in [4.69, 9.17) is 4.42 Å². The van der Waals surface area contributed by atoms with Crippen LogP contribution in [0.15, 0.2) is 52.0 Å². The Morgan fingerprint density at radius 1 is 1.35 bits per heavy atom. The summed E-state index contributed by atoms with van der Waals surface area (Å²) in [6.45, 7) is 0. The van der Waals surface area contributed by atoms with Gasteiger partial charge < -0.3 is 9.73 Å². The van der Waals surface area contributed by atoms with E-state index in [1.54, 1.807) is 34.5 Å². The van der Waals surface area contributed by atoms with Crippen molar-refractivity contribution in [2.75, 3.05) is 16.9 Å². The lowest BCUT2D eigenvalue weighted by atomic mass is 10.1. The number of carbonyl (C=O) groups is 2. The van der Waals surface area contributed by atoms with Gasteiger partial charge in [-0.3, -0.25) is 19.5 Å². The Morgan fingerprint density at radius 3 is 3.00 bits per heavy atom. The first-order chi connectivity index (χ1) is 12.7. The molecule has 1 aliphatic rings. The summed E-state index contributed by atoms with van der Waals surface area (Å²) in [5.41, 5.74) is 0.669. The monoisotopic (exact) mass is 369 g/mol. The standard InChI is InChI=1S/C17H15N5O3S/c1-26-11-5-2-4-10(8-11)18-16(24)12-9-14(23)19-17-21-20-15(22(12)17)13-6-3-7-25-13/h2-8,12H,9H2,1H3,(H,18,24)(H,19,21,23)/t12-/m0/s1. The van der Waals surface area contributed by atoms with Crippen LogP contribution in [0.3, 0.4) is 0 Å². The largest absolute Gasteiger partial charge is 0.461 e. The van der Waals surface area contributed by atoms with Gasteiger partial charge in [0.25, 0.3) is 0 Å². The number of hydrogen-bond acceptors (Lipinski definition) is 6. The van der Waals surface area contributed by atoms with Crippen molar-refractivity contribution in [1.29, 1.82) is 0 Å². The van der Waals surface area contributed by atoms with Gasteiger partial charge >= 0.3 is 0 Å². The highest BCUT2D eigenvalue weighted by atomic mass is 32.2. The number of furan rings is 1. The lowest BCUT2D eigenvalue weighted by molar-refractivity contribution is -0.125. The normalized spacial score (nSPS) is 16.0. The Balaban J connectivity index is 1.67. The predicted molar refractivity (Wildman–Crippen MR) is 96.9 cm³/mol. The minimum absolute atomic E-state index is 0.00714. The van der Waals surface area contributed by atoms with E-state index in [1.807, 2.05) is 24.5 Å². The van der Waals surface area contributed by atoms with Gasteiger partial charge in [0.15, 0.2) is 5.76 Å². The van der Waals surface area contributed by atoms with Crippen molar-refractivity contribution >= 4 is 35.2 Å². The zero-order valence-corrected chi connectivity index (χ0v) is 14.6. The van der Waals surface area contributed by atoms with Crippen LogP contribution >= 0.6 is 11.8 Å². The first kappa shape index (κ1) is 16.4. The molecule has 1 aromatic carbocycles. The summed E-state index contributed by atoms with van der Waals surface area (Å²) in [4.78, 5) is 25.9. The Hall–Kier alpha value is -3.07. The molecule has 4 rings (SSSR count). The van der Waals surface area contributed by atoms with Gasteiger partial charge in [-0.05, 0) is 36.6 Å². The van der Waals surface area contributed by atoms with E-state index in [1.165, 1.54) is 6.26 Å². The minimum atomic E-state index is -0.771. The second-order valence-corrected chi connectivity index (χ2v) is 6.56. The Kier molecular flexibility index (Phi) is 4.21. The van der Waals surface area contributed by atoms with E-state index < -0.39 is 6.04 Å². The molecule has 0 saturated heterocycles. The molecule has 0 spiro atoms. The maximum atomic E-state index is 12.9. The molecule has 0 aliphatic carbocycles. The maximum Gasteiger partial charge on any atom is 0.248 e. The molecule has 1 atom stereocenters. The Morgan fingerprint density at radius 2 is 2.23 bits per heavy atom. The van der Waals surface area contributed by atoms with Gasteiger partial charge in [-0.25, -0.2) is 0 Å². The topological polar surface area (TPSA) is 102 Å². The third-order valence-corrected chi connectivity index (χ3v) is 4.74. The summed E-state index contributed by atoms with van der Waals surface area (Å²) in [7, 11) is 0. The van der Waals surface area contributed by atoms with Gasteiger partial charge in [-0.15, -0.1) is 22.0 Å². The molecule has 0 bridgehead atoms. The molecule has 9 heteroatoms. The fourth-order valence-electron chi connectivity index (χ4n) is 2.82. The minimum Gasteiger partial charge on any atom is -0.461 e. The van der Waals surface area contributed by atoms with Gasteiger partial charge in [0.1, 0.15) is 6.04 Å². The average Bonchev–Trinajstić information content (AvgIpc) is 3.30. The number of nitrogens with zero attached hydrogens (tertiary/aromatic N) is 3. The number of thioether (sulfide) groups is 1. The van der Waals surface area contributed by atoms with E-state index in [2.05, 4.69) is 20.8 Å². The summed E-state index contributed by atoms with van der Waals surface area (Å²) < 4.78 is 6.97. The zero-order valence-electron chi connectivity index (χ0n) is 13.8. The van der Waals surface area contributed by atoms with E-state index in [0.29, 0.717) is 17.3 Å². The molecular formula is C17H15N5O3S.